The summed E-state index contributed by atoms with van der Waals surface area (Å²) in [5, 5.41) is 7.93. The van der Waals surface area contributed by atoms with E-state index in [0.29, 0.717) is 0 Å². The van der Waals surface area contributed by atoms with Crippen molar-refractivity contribution in [2.24, 2.45) is 0 Å². The van der Waals surface area contributed by atoms with Crippen LogP contribution in [0.3, 0.4) is 0 Å². The van der Waals surface area contributed by atoms with Crippen molar-refractivity contribution in [1.82, 2.24) is 4.57 Å². The van der Waals surface area contributed by atoms with E-state index in [4.69, 9.17) is 8.83 Å². The molecule has 4 nitrogen and oxygen atoms in total. The fourth-order valence-electron chi connectivity index (χ4n) is 8.50. The number of benzene rings is 8. The molecule has 0 aliphatic heterocycles. The van der Waals surface area contributed by atoms with Crippen LogP contribution in [0.4, 0.5) is 11.4 Å². The van der Waals surface area contributed by atoms with Crippen molar-refractivity contribution in [3.05, 3.63) is 206 Å². The van der Waals surface area contributed by atoms with E-state index in [1.807, 2.05) is 30.5 Å². The van der Waals surface area contributed by atoms with Crippen molar-refractivity contribution >= 4 is 82.9 Å². The highest BCUT2D eigenvalue weighted by molar-refractivity contribution is 6.16. The van der Waals surface area contributed by atoms with E-state index < -0.39 is 0 Å². The van der Waals surface area contributed by atoms with Crippen LogP contribution in [-0.2, 0) is 0 Å². The molecule has 4 heteroatoms. The summed E-state index contributed by atoms with van der Waals surface area (Å²) in [6.07, 6.45) is 5.95. The first-order valence-electron chi connectivity index (χ1n) is 18.9. The lowest BCUT2D eigenvalue weighted by molar-refractivity contribution is 0.615. The highest BCUT2D eigenvalue weighted by Gasteiger charge is 2.24. The molecule has 0 fully saturated rings. The van der Waals surface area contributed by atoms with Crippen LogP contribution < -0.4 is 4.90 Å². The van der Waals surface area contributed by atoms with Crippen LogP contribution in [0.15, 0.2) is 209 Å². The van der Waals surface area contributed by atoms with Gasteiger partial charge in [-0.05, 0) is 77.7 Å². The molecule has 0 bridgehead atoms. The molecule has 0 saturated carbocycles. The molecule has 0 atom stereocenters. The van der Waals surface area contributed by atoms with Gasteiger partial charge in [-0.25, -0.2) is 0 Å². The van der Waals surface area contributed by atoms with Gasteiger partial charge >= 0.3 is 0 Å². The summed E-state index contributed by atoms with van der Waals surface area (Å²) in [6, 6.07) is 62.1. The highest BCUT2D eigenvalue weighted by Crippen LogP contribution is 2.45. The van der Waals surface area contributed by atoms with Gasteiger partial charge in [-0.1, -0.05) is 128 Å². The third-order valence-corrected chi connectivity index (χ3v) is 11.0. The predicted octanol–water partition coefficient (Wildman–Crippen LogP) is 14.6. The number of hydrogen-bond donors (Lipinski definition) is 0. The van der Waals surface area contributed by atoms with Gasteiger partial charge in [0, 0.05) is 49.1 Å². The average Bonchev–Trinajstić information content (AvgIpc) is 3.95. The molecular formula is C52H34N2O2. The summed E-state index contributed by atoms with van der Waals surface area (Å²) >= 11 is 0. The van der Waals surface area contributed by atoms with Gasteiger partial charge in [0.15, 0.2) is 0 Å². The zero-order chi connectivity index (χ0) is 37.2. The summed E-state index contributed by atoms with van der Waals surface area (Å²) in [5.74, 6) is 0. The Morgan fingerprint density at radius 3 is 2.00 bits per heavy atom. The highest BCUT2D eigenvalue weighted by atomic mass is 16.3. The van der Waals surface area contributed by atoms with E-state index >= 15 is 0 Å². The van der Waals surface area contributed by atoms with Crippen molar-refractivity contribution in [1.29, 1.82) is 0 Å². The van der Waals surface area contributed by atoms with Crippen LogP contribution >= 0.6 is 0 Å². The third kappa shape index (κ3) is 4.93. The Morgan fingerprint density at radius 1 is 0.536 bits per heavy atom. The van der Waals surface area contributed by atoms with Crippen LogP contribution in [0, 0.1) is 0 Å². The van der Waals surface area contributed by atoms with Crippen molar-refractivity contribution in [2.45, 2.75) is 0 Å². The van der Waals surface area contributed by atoms with Crippen molar-refractivity contribution in [3.63, 3.8) is 0 Å². The Hall–Kier alpha value is -7.56. The second-order valence-electron chi connectivity index (χ2n) is 14.1. The molecule has 56 heavy (non-hydrogen) atoms. The molecule has 264 valence electrons. The number of furan rings is 2. The Labute approximate surface area is 323 Å². The normalized spacial score (nSPS) is 12.1. The van der Waals surface area contributed by atoms with Crippen LogP contribution in [0.2, 0.25) is 0 Å². The van der Waals surface area contributed by atoms with Gasteiger partial charge in [-0.3, -0.25) is 0 Å². The molecule has 0 aliphatic carbocycles. The molecule has 0 radical (unpaired) electrons. The molecule has 3 heterocycles. The summed E-state index contributed by atoms with van der Waals surface area (Å²) in [6.45, 7) is 4.42. The lowest BCUT2D eigenvalue weighted by Crippen LogP contribution is -2.18. The van der Waals surface area contributed by atoms with Crippen LogP contribution in [-0.4, -0.2) is 4.57 Å². The van der Waals surface area contributed by atoms with Gasteiger partial charge in [0.1, 0.15) is 16.7 Å². The maximum Gasteiger partial charge on any atom is 0.143 e. The van der Waals surface area contributed by atoms with E-state index in [2.05, 4.69) is 180 Å². The number of fused-ring (bicyclic) bond motifs is 9. The standard InChI is InChI=1S/C52H34N2O2/c1-2-37(31-36-33-55-50-26-14-8-17-39(36)50)53(48-24-12-13-25-49(48)54-46-22-10-6-19-41(46)42-20-7-11-23-47(42)54)45-21-9-5-16-38(45)35-28-30-51-44(32-35)43-29-27-34-15-3-4-18-40(34)52(43)56-51/h2-33H,1H2/b37-31+. The second kappa shape index (κ2) is 12.8. The minimum Gasteiger partial charge on any atom is -0.464 e. The minimum absolute atomic E-state index is 0.841. The first kappa shape index (κ1) is 31.9. The number of nitrogens with zero attached hydrogens (tertiary/aromatic N) is 2. The summed E-state index contributed by atoms with van der Waals surface area (Å²) in [5.41, 5.74) is 12.0. The van der Waals surface area contributed by atoms with E-state index in [0.717, 1.165) is 94.2 Å². The fourth-order valence-corrected chi connectivity index (χ4v) is 8.50. The molecule has 11 aromatic rings. The third-order valence-electron chi connectivity index (χ3n) is 11.0. The predicted molar refractivity (Wildman–Crippen MR) is 234 cm³/mol. The van der Waals surface area contributed by atoms with Gasteiger partial charge in [0.05, 0.1) is 34.4 Å². The van der Waals surface area contributed by atoms with Gasteiger partial charge in [-0.15, -0.1) is 0 Å². The zero-order valence-electron chi connectivity index (χ0n) is 30.4. The zero-order valence-corrected chi connectivity index (χ0v) is 30.4. The van der Waals surface area contributed by atoms with Crippen molar-refractivity contribution in [2.75, 3.05) is 4.90 Å². The maximum atomic E-state index is 6.54. The molecular weight excluding hydrogens is 685 g/mol. The molecule has 8 aromatic carbocycles. The number of rotatable bonds is 7. The number of anilines is 2. The first-order chi connectivity index (χ1) is 27.7. The minimum atomic E-state index is 0.841. The Balaban J connectivity index is 1.18. The smallest absolute Gasteiger partial charge is 0.143 e. The molecule has 0 saturated heterocycles. The molecule has 0 spiro atoms. The molecule has 3 aromatic heterocycles. The Kier molecular flexibility index (Phi) is 7.29. The molecule has 0 unspecified atom stereocenters. The van der Waals surface area contributed by atoms with Gasteiger partial charge in [-0.2, -0.15) is 0 Å². The summed E-state index contributed by atoms with van der Waals surface area (Å²) in [4.78, 5) is 2.34. The lowest BCUT2D eigenvalue weighted by Gasteiger charge is -2.31. The Morgan fingerprint density at radius 2 is 1.20 bits per heavy atom. The maximum absolute atomic E-state index is 6.54. The monoisotopic (exact) mass is 718 g/mol. The van der Waals surface area contributed by atoms with Crippen LogP contribution in [0.1, 0.15) is 5.56 Å². The molecule has 0 amide bonds. The second-order valence-corrected chi connectivity index (χ2v) is 14.1. The summed E-state index contributed by atoms with van der Waals surface area (Å²) in [7, 11) is 0. The quantitative estimate of drug-likeness (QED) is 0.154. The number of para-hydroxylation sites is 6. The van der Waals surface area contributed by atoms with Gasteiger partial charge in [0.25, 0.3) is 0 Å². The topological polar surface area (TPSA) is 34.5 Å². The Bertz CT molecular complexity index is 3300. The van der Waals surface area contributed by atoms with Gasteiger partial charge < -0.3 is 18.3 Å². The average molecular weight is 719 g/mol. The molecule has 11 rings (SSSR count). The van der Waals surface area contributed by atoms with Crippen LogP contribution in [0.5, 0.6) is 0 Å². The largest absolute Gasteiger partial charge is 0.464 e. The molecule has 0 aliphatic rings. The van der Waals surface area contributed by atoms with E-state index in [9.17, 15) is 0 Å². The van der Waals surface area contributed by atoms with Crippen molar-refractivity contribution in [3.8, 4) is 16.8 Å². The molecule has 0 N–H and O–H groups in total. The van der Waals surface area contributed by atoms with Crippen molar-refractivity contribution < 1.29 is 8.83 Å². The lowest BCUT2D eigenvalue weighted by atomic mass is 9.98. The number of hydrogen-bond acceptors (Lipinski definition) is 3. The number of aromatic nitrogens is 1. The van der Waals surface area contributed by atoms with E-state index in [1.54, 1.807) is 0 Å². The van der Waals surface area contributed by atoms with E-state index in [-0.39, 0.29) is 0 Å². The summed E-state index contributed by atoms with van der Waals surface area (Å²) < 4.78 is 15.0. The van der Waals surface area contributed by atoms with Crippen LogP contribution in [0.25, 0.3) is 88.4 Å². The first-order valence-corrected chi connectivity index (χ1v) is 18.9. The van der Waals surface area contributed by atoms with Gasteiger partial charge in [0.2, 0.25) is 0 Å². The number of allylic oxidation sites excluding steroid dienone is 1. The fraction of sp³-hybridized carbons (Fsp3) is 0. The van der Waals surface area contributed by atoms with E-state index in [1.165, 1.54) is 10.8 Å². The SMILES string of the molecule is C=C/C(=C\c1coc2ccccc12)N(c1ccccc1-c1ccc2oc3c4ccccc4ccc3c2c1)c1ccccc1-n1c2ccccc2c2ccccc21.